The van der Waals surface area contributed by atoms with Crippen LogP contribution in [0.5, 0.6) is 0 Å². The summed E-state index contributed by atoms with van der Waals surface area (Å²) in [5.74, 6) is -0.122. The van der Waals surface area contributed by atoms with Gasteiger partial charge in [0, 0.05) is 56.6 Å². The molecule has 0 aromatic heterocycles. The molecule has 0 spiro atoms. The lowest BCUT2D eigenvalue weighted by Gasteiger charge is -2.34. The molecule has 6 nitrogen and oxygen atoms in total. The summed E-state index contributed by atoms with van der Waals surface area (Å²) in [5, 5.41) is 3.22. The highest BCUT2D eigenvalue weighted by Gasteiger charge is 2.35. The first kappa shape index (κ1) is 20.2. The Bertz CT molecular complexity index is 704. The maximum Gasteiger partial charge on any atom is 0.227 e. The molecule has 2 saturated heterocycles. The topological polar surface area (TPSA) is 55.9 Å². The summed E-state index contributed by atoms with van der Waals surface area (Å²) in [5.41, 5.74) is 2.11. The van der Waals surface area contributed by atoms with Crippen LogP contribution in [-0.2, 0) is 9.59 Å². The van der Waals surface area contributed by atoms with Gasteiger partial charge in [-0.1, -0.05) is 25.7 Å². The van der Waals surface area contributed by atoms with E-state index < -0.39 is 0 Å². The van der Waals surface area contributed by atoms with Crippen LogP contribution in [-0.4, -0.2) is 62.5 Å². The van der Waals surface area contributed by atoms with Crippen molar-refractivity contribution in [3.63, 3.8) is 0 Å². The lowest BCUT2D eigenvalue weighted by Crippen LogP contribution is -2.44. The number of hydrogen-bond acceptors (Lipinski definition) is 4. The van der Waals surface area contributed by atoms with Crippen molar-refractivity contribution in [2.75, 3.05) is 49.6 Å². The van der Waals surface area contributed by atoms with Gasteiger partial charge in [-0.05, 0) is 44.2 Å². The maximum atomic E-state index is 12.7. The van der Waals surface area contributed by atoms with E-state index in [9.17, 15) is 9.59 Å². The number of nitrogens with zero attached hydrogens (tertiary/aromatic N) is 3. The highest BCUT2D eigenvalue weighted by atomic mass is 16.2. The van der Waals surface area contributed by atoms with E-state index in [1.165, 1.54) is 31.4 Å². The van der Waals surface area contributed by atoms with Gasteiger partial charge in [0.2, 0.25) is 11.8 Å². The summed E-state index contributed by atoms with van der Waals surface area (Å²) in [7, 11) is 2.15. The second kappa shape index (κ2) is 9.16. The molecule has 29 heavy (non-hydrogen) atoms. The van der Waals surface area contributed by atoms with Crippen molar-refractivity contribution in [3.8, 4) is 0 Å². The Labute approximate surface area is 174 Å². The number of piperazine rings is 1. The maximum absolute atomic E-state index is 12.7. The molecule has 1 atom stereocenters. The summed E-state index contributed by atoms with van der Waals surface area (Å²) in [6.07, 6.45) is 7.39. The van der Waals surface area contributed by atoms with Crippen LogP contribution in [0, 0.1) is 5.92 Å². The minimum absolute atomic E-state index is 0.0540. The molecule has 0 bridgehead atoms. The molecule has 0 radical (unpaired) electrons. The van der Waals surface area contributed by atoms with Crippen LogP contribution >= 0.6 is 0 Å². The smallest absolute Gasteiger partial charge is 0.227 e. The van der Waals surface area contributed by atoms with Gasteiger partial charge in [-0.25, -0.2) is 0 Å². The van der Waals surface area contributed by atoms with Gasteiger partial charge in [0.25, 0.3) is 0 Å². The van der Waals surface area contributed by atoms with Crippen molar-refractivity contribution in [1.82, 2.24) is 10.2 Å². The fourth-order valence-electron chi connectivity index (χ4n) is 4.78. The van der Waals surface area contributed by atoms with E-state index in [1.54, 1.807) is 4.90 Å². The number of benzene rings is 1. The van der Waals surface area contributed by atoms with Gasteiger partial charge in [-0.2, -0.15) is 0 Å². The summed E-state index contributed by atoms with van der Waals surface area (Å²) in [6, 6.07) is 8.55. The van der Waals surface area contributed by atoms with Gasteiger partial charge < -0.3 is 20.0 Å². The van der Waals surface area contributed by atoms with E-state index in [-0.39, 0.29) is 23.8 Å². The van der Waals surface area contributed by atoms with Gasteiger partial charge in [-0.15, -0.1) is 0 Å². The molecular formula is C23H34N4O2. The van der Waals surface area contributed by atoms with Crippen LogP contribution < -0.4 is 15.1 Å². The normalized spacial score (nSPS) is 24.6. The molecule has 3 fully saturated rings. The summed E-state index contributed by atoms with van der Waals surface area (Å²) in [6.45, 7) is 4.70. The molecule has 3 aliphatic rings. The summed E-state index contributed by atoms with van der Waals surface area (Å²) >= 11 is 0. The number of carbonyl (C=O) groups is 2. The van der Waals surface area contributed by atoms with Gasteiger partial charge in [0.05, 0.1) is 5.92 Å². The first-order valence-corrected chi connectivity index (χ1v) is 11.2. The van der Waals surface area contributed by atoms with E-state index >= 15 is 0 Å². The second-order valence-corrected chi connectivity index (χ2v) is 8.91. The molecule has 6 heteroatoms. The first-order valence-electron chi connectivity index (χ1n) is 11.2. The fourth-order valence-corrected chi connectivity index (χ4v) is 4.78. The van der Waals surface area contributed by atoms with Gasteiger partial charge in [-0.3, -0.25) is 9.59 Å². The van der Waals surface area contributed by atoms with Crippen LogP contribution in [0.2, 0.25) is 0 Å². The number of likely N-dealkylation sites (N-methyl/N-ethyl adjacent to an activating group) is 1. The number of amides is 2. The van der Waals surface area contributed by atoms with Crippen molar-refractivity contribution in [3.05, 3.63) is 24.3 Å². The second-order valence-electron chi connectivity index (χ2n) is 8.91. The molecule has 2 amide bonds. The molecule has 158 valence electrons. The molecule has 1 saturated carbocycles. The molecule has 2 heterocycles. The number of nitrogens with one attached hydrogen (secondary N) is 1. The lowest BCUT2D eigenvalue weighted by molar-refractivity contribution is -0.127. The van der Waals surface area contributed by atoms with E-state index in [4.69, 9.17) is 0 Å². The number of anilines is 2. The Morgan fingerprint density at radius 3 is 2.21 bits per heavy atom. The molecule has 2 aliphatic heterocycles. The predicted octanol–water partition coefficient (Wildman–Crippen LogP) is 2.63. The summed E-state index contributed by atoms with van der Waals surface area (Å²) in [4.78, 5) is 31.8. The van der Waals surface area contributed by atoms with E-state index in [0.717, 1.165) is 44.7 Å². The first-order chi connectivity index (χ1) is 14.1. The number of carbonyl (C=O) groups excluding carboxylic acids is 2. The largest absolute Gasteiger partial charge is 0.369 e. The Morgan fingerprint density at radius 2 is 1.55 bits per heavy atom. The van der Waals surface area contributed by atoms with Crippen LogP contribution in [0.1, 0.15) is 44.9 Å². The van der Waals surface area contributed by atoms with E-state index in [0.29, 0.717) is 13.0 Å². The highest BCUT2D eigenvalue weighted by Crippen LogP contribution is 2.28. The third kappa shape index (κ3) is 4.92. The van der Waals surface area contributed by atoms with Crippen LogP contribution in [0.4, 0.5) is 11.4 Å². The third-order valence-electron chi connectivity index (χ3n) is 6.73. The zero-order chi connectivity index (χ0) is 20.2. The third-order valence-corrected chi connectivity index (χ3v) is 6.73. The minimum atomic E-state index is -0.233. The SMILES string of the molecule is CN1CCN(c2ccc(N3CC(C(=O)NC4CCCCCC4)CC3=O)cc2)CC1. The van der Waals surface area contributed by atoms with Crippen molar-refractivity contribution in [2.24, 2.45) is 5.92 Å². The Hall–Kier alpha value is -2.08. The Morgan fingerprint density at radius 1 is 0.931 bits per heavy atom. The highest BCUT2D eigenvalue weighted by molar-refractivity contribution is 6.00. The van der Waals surface area contributed by atoms with Crippen molar-refractivity contribution >= 4 is 23.2 Å². The van der Waals surface area contributed by atoms with E-state index in [1.807, 2.05) is 12.1 Å². The van der Waals surface area contributed by atoms with Crippen molar-refractivity contribution < 1.29 is 9.59 Å². The Kier molecular flexibility index (Phi) is 6.38. The quantitative estimate of drug-likeness (QED) is 0.793. The average molecular weight is 399 g/mol. The van der Waals surface area contributed by atoms with Gasteiger partial charge >= 0.3 is 0 Å². The van der Waals surface area contributed by atoms with E-state index in [2.05, 4.69) is 34.3 Å². The summed E-state index contributed by atoms with van der Waals surface area (Å²) < 4.78 is 0. The molecular weight excluding hydrogens is 364 g/mol. The molecule has 1 aromatic carbocycles. The zero-order valence-corrected chi connectivity index (χ0v) is 17.6. The molecule has 1 unspecified atom stereocenters. The van der Waals surface area contributed by atoms with Crippen molar-refractivity contribution in [2.45, 2.75) is 51.0 Å². The van der Waals surface area contributed by atoms with Gasteiger partial charge in [0.1, 0.15) is 0 Å². The number of hydrogen-bond donors (Lipinski definition) is 1. The predicted molar refractivity (Wildman–Crippen MR) is 116 cm³/mol. The minimum Gasteiger partial charge on any atom is -0.369 e. The molecule has 1 aliphatic carbocycles. The van der Waals surface area contributed by atoms with Crippen LogP contribution in [0.3, 0.4) is 0 Å². The average Bonchev–Trinajstić information content (AvgIpc) is 2.94. The van der Waals surface area contributed by atoms with Crippen molar-refractivity contribution in [1.29, 1.82) is 0 Å². The lowest BCUT2D eigenvalue weighted by atomic mass is 10.0. The molecule has 1 N–H and O–H groups in total. The Balaban J connectivity index is 1.34. The standard InChI is InChI=1S/C23H34N4O2/c1-25-12-14-26(15-13-25)20-8-10-21(11-9-20)27-17-18(16-22(27)28)23(29)24-19-6-4-2-3-5-7-19/h8-11,18-19H,2-7,12-17H2,1H3,(H,24,29). The van der Waals surface area contributed by atoms with Gasteiger partial charge in [0.15, 0.2) is 0 Å². The molecule has 4 rings (SSSR count). The monoisotopic (exact) mass is 398 g/mol. The fraction of sp³-hybridized carbons (Fsp3) is 0.652. The number of rotatable bonds is 4. The van der Waals surface area contributed by atoms with Crippen LogP contribution in [0.15, 0.2) is 24.3 Å². The molecule has 1 aromatic rings. The zero-order valence-electron chi connectivity index (χ0n) is 17.6. The van der Waals surface area contributed by atoms with Crippen LogP contribution in [0.25, 0.3) is 0 Å².